The Morgan fingerprint density at radius 2 is 2.05 bits per heavy atom. The molecule has 2 aromatic rings. The van der Waals surface area contributed by atoms with E-state index in [4.69, 9.17) is 5.11 Å². The smallest absolute Gasteiger partial charge is 0.303 e. The van der Waals surface area contributed by atoms with E-state index in [0.717, 1.165) is 17.7 Å². The Labute approximate surface area is 128 Å². The standard InChI is InChI=1S/C16H19N3O3/c1-2-12-10-14(19-18-12)16(22)17-13(8-9-15(20)21)11-6-4-3-5-7-11/h3-7,10,13H,2,8-9H2,1H3,(H,17,22)(H,18,19)(H,20,21). The van der Waals surface area contributed by atoms with Crippen LogP contribution in [-0.4, -0.2) is 27.2 Å². The van der Waals surface area contributed by atoms with E-state index in [1.54, 1.807) is 6.07 Å². The first-order valence-electron chi connectivity index (χ1n) is 7.22. The number of aromatic amines is 1. The largest absolute Gasteiger partial charge is 0.481 e. The fraction of sp³-hybridized carbons (Fsp3) is 0.312. The number of nitrogens with zero attached hydrogens (tertiary/aromatic N) is 1. The average molecular weight is 301 g/mol. The first kappa shape index (κ1) is 15.8. The summed E-state index contributed by atoms with van der Waals surface area (Å²) in [6, 6.07) is 10.7. The number of rotatable bonds is 7. The highest BCUT2D eigenvalue weighted by atomic mass is 16.4. The van der Waals surface area contributed by atoms with Gasteiger partial charge in [-0.05, 0) is 24.5 Å². The molecular weight excluding hydrogens is 282 g/mol. The van der Waals surface area contributed by atoms with Crippen LogP contribution in [0.25, 0.3) is 0 Å². The van der Waals surface area contributed by atoms with Gasteiger partial charge < -0.3 is 10.4 Å². The number of hydrogen-bond acceptors (Lipinski definition) is 3. The second kappa shape index (κ2) is 7.40. The Morgan fingerprint density at radius 1 is 1.32 bits per heavy atom. The molecule has 0 fully saturated rings. The predicted octanol–water partition coefficient (Wildman–Crippen LogP) is 2.31. The topological polar surface area (TPSA) is 95.1 Å². The maximum atomic E-state index is 12.3. The van der Waals surface area contributed by atoms with Crippen LogP contribution in [0.1, 0.15) is 47.6 Å². The number of benzene rings is 1. The second-order valence-corrected chi connectivity index (χ2v) is 5.00. The van der Waals surface area contributed by atoms with Gasteiger partial charge in [0.25, 0.3) is 5.91 Å². The van der Waals surface area contributed by atoms with Crippen molar-refractivity contribution in [2.24, 2.45) is 0 Å². The molecule has 6 nitrogen and oxygen atoms in total. The molecule has 1 aromatic carbocycles. The molecule has 1 unspecified atom stereocenters. The molecule has 1 heterocycles. The number of aryl methyl sites for hydroxylation is 1. The minimum absolute atomic E-state index is 0.0133. The summed E-state index contributed by atoms with van der Waals surface area (Å²) in [7, 11) is 0. The highest BCUT2D eigenvalue weighted by molar-refractivity contribution is 5.92. The van der Waals surface area contributed by atoms with Gasteiger partial charge >= 0.3 is 5.97 Å². The quantitative estimate of drug-likeness (QED) is 0.731. The van der Waals surface area contributed by atoms with Crippen LogP contribution in [-0.2, 0) is 11.2 Å². The maximum Gasteiger partial charge on any atom is 0.303 e. The summed E-state index contributed by atoms with van der Waals surface area (Å²) < 4.78 is 0. The van der Waals surface area contributed by atoms with E-state index in [9.17, 15) is 9.59 Å². The minimum Gasteiger partial charge on any atom is -0.481 e. The molecule has 1 aromatic heterocycles. The van der Waals surface area contributed by atoms with Gasteiger partial charge in [0.2, 0.25) is 0 Å². The fourth-order valence-corrected chi connectivity index (χ4v) is 2.17. The third-order valence-electron chi connectivity index (χ3n) is 3.40. The van der Waals surface area contributed by atoms with Crippen LogP contribution in [0.15, 0.2) is 36.4 Å². The summed E-state index contributed by atoms with van der Waals surface area (Å²) in [6.07, 6.45) is 1.08. The van der Waals surface area contributed by atoms with Gasteiger partial charge in [-0.15, -0.1) is 0 Å². The number of aliphatic carboxylic acids is 1. The number of carbonyl (C=O) groups is 2. The predicted molar refractivity (Wildman–Crippen MR) is 81.5 cm³/mol. The van der Waals surface area contributed by atoms with Crippen LogP contribution < -0.4 is 5.32 Å². The van der Waals surface area contributed by atoms with Crippen molar-refractivity contribution in [3.05, 3.63) is 53.3 Å². The monoisotopic (exact) mass is 301 g/mol. The molecule has 6 heteroatoms. The van der Waals surface area contributed by atoms with Gasteiger partial charge in [0.05, 0.1) is 6.04 Å². The van der Waals surface area contributed by atoms with Crippen molar-refractivity contribution in [3.8, 4) is 0 Å². The lowest BCUT2D eigenvalue weighted by Crippen LogP contribution is -2.29. The van der Waals surface area contributed by atoms with E-state index < -0.39 is 5.97 Å². The zero-order valence-corrected chi connectivity index (χ0v) is 12.4. The Morgan fingerprint density at radius 3 is 2.64 bits per heavy atom. The number of H-pyrrole nitrogens is 1. The van der Waals surface area contributed by atoms with E-state index in [1.165, 1.54) is 0 Å². The third kappa shape index (κ3) is 4.18. The number of carboxylic acids is 1. The van der Waals surface area contributed by atoms with E-state index in [0.29, 0.717) is 12.1 Å². The van der Waals surface area contributed by atoms with Gasteiger partial charge in [-0.25, -0.2) is 0 Å². The number of carboxylic acid groups (broad SMARTS) is 1. The van der Waals surface area contributed by atoms with E-state index in [1.807, 2.05) is 37.3 Å². The lowest BCUT2D eigenvalue weighted by atomic mass is 10.0. The molecule has 0 aliphatic carbocycles. The SMILES string of the molecule is CCc1cc(C(=O)NC(CCC(=O)O)c2ccccc2)n[nH]1. The highest BCUT2D eigenvalue weighted by Crippen LogP contribution is 2.19. The molecule has 0 radical (unpaired) electrons. The van der Waals surface area contributed by atoms with E-state index >= 15 is 0 Å². The molecule has 0 saturated carbocycles. The summed E-state index contributed by atoms with van der Waals surface area (Å²) in [5.74, 6) is -1.20. The molecule has 0 aliphatic rings. The summed E-state index contributed by atoms with van der Waals surface area (Å²) in [5, 5.41) is 18.5. The number of aromatic nitrogens is 2. The van der Waals surface area contributed by atoms with Gasteiger partial charge in [-0.3, -0.25) is 14.7 Å². The van der Waals surface area contributed by atoms with Crippen LogP contribution >= 0.6 is 0 Å². The molecule has 22 heavy (non-hydrogen) atoms. The normalized spacial score (nSPS) is 11.9. The molecule has 0 saturated heterocycles. The Balaban J connectivity index is 2.11. The second-order valence-electron chi connectivity index (χ2n) is 5.00. The molecule has 0 spiro atoms. The van der Waals surface area contributed by atoms with Crippen molar-refractivity contribution in [2.45, 2.75) is 32.2 Å². The molecule has 2 rings (SSSR count). The summed E-state index contributed by atoms with van der Waals surface area (Å²) >= 11 is 0. The minimum atomic E-state index is -0.886. The highest BCUT2D eigenvalue weighted by Gasteiger charge is 2.18. The molecule has 0 aliphatic heterocycles. The number of hydrogen-bond donors (Lipinski definition) is 3. The van der Waals surface area contributed by atoms with Crippen LogP contribution in [0.2, 0.25) is 0 Å². The number of nitrogens with one attached hydrogen (secondary N) is 2. The lowest BCUT2D eigenvalue weighted by Gasteiger charge is -2.17. The van der Waals surface area contributed by atoms with Crippen molar-refractivity contribution >= 4 is 11.9 Å². The first-order valence-corrected chi connectivity index (χ1v) is 7.22. The van der Waals surface area contributed by atoms with Gasteiger partial charge in [0.1, 0.15) is 5.69 Å². The maximum absolute atomic E-state index is 12.3. The Bertz CT molecular complexity index is 637. The van der Waals surface area contributed by atoms with Crippen molar-refractivity contribution in [3.63, 3.8) is 0 Å². The number of amides is 1. The van der Waals surface area contributed by atoms with Crippen LogP contribution in [0, 0.1) is 0 Å². The number of carbonyl (C=O) groups excluding carboxylic acids is 1. The Kier molecular flexibility index (Phi) is 5.30. The lowest BCUT2D eigenvalue weighted by molar-refractivity contribution is -0.137. The molecule has 3 N–H and O–H groups in total. The van der Waals surface area contributed by atoms with Crippen LogP contribution in [0.3, 0.4) is 0 Å². The van der Waals surface area contributed by atoms with E-state index in [2.05, 4.69) is 15.5 Å². The van der Waals surface area contributed by atoms with Gasteiger partial charge in [-0.2, -0.15) is 5.10 Å². The van der Waals surface area contributed by atoms with E-state index in [-0.39, 0.29) is 18.4 Å². The van der Waals surface area contributed by atoms with Crippen LogP contribution in [0.5, 0.6) is 0 Å². The molecule has 116 valence electrons. The summed E-state index contributed by atoms with van der Waals surface area (Å²) in [5.41, 5.74) is 2.07. The molecule has 1 atom stereocenters. The van der Waals surface area contributed by atoms with Crippen molar-refractivity contribution in [2.75, 3.05) is 0 Å². The zero-order valence-electron chi connectivity index (χ0n) is 12.4. The van der Waals surface area contributed by atoms with Crippen molar-refractivity contribution in [1.29, 1.82) is 0 Å². The molecule has 0 bridgehead atoms. The average Bonchev–Trinajstić information content (AvgIpc) is 3.01. The van der Waals surface area contributed by atoms with Crippen LogP contribution in [0.4, 0.5) is 0 Å². The molecular formula is C16H19N3O3. The van der Waals surface area contributed by atoms with Gasteiger partial charge in [0.15, 0.2) is 0 Å². The molecule has 1 amide bonds. The zero-order chi connectivity index (χ0) is 15.9. The van der Waals surface area contributed by atoms with Crippen molar-refractivity contribution < 1.29 is 14.7 Å². The first-order chi connectivity index (χ1) is 10.6. The fourth-order valence-electron chi connectivity index (χ4n) is 2.17. The summed E-state index contributed by atoms with van der Waals surface area (Å²) in [4.78, 5) is 23.1. The van der Waals surface area contributed by atoms with Gasteiger partial charge in [0, 0.05) is 12.1 Å². The van der Waals surface area contributed by atoms with Gasteiger partial charge in [-0.1, -0.05) is 37.3 Å². The summed E-state index contributed by atoms with van der Waals surface area (Å²) in [6.45, 7) is 1.97. The van der Waals surface area contributed by atoms with Crippen molar-refractivity contribution in [1.82, 2.24) is 15.5 Å². The third-order valence-corrected chi connectivity index (χ3v) is 3.40. The Hall–Kier alpha value is -2.63.